The van der Waals surface area contributed by atoms with Gasteiger partial charge >= 0.3 is 0 Å². The van der Waals surface area contributed by atoms with E-state index < -0.39 is 0 Å². The second-order valence-electron chi connectivity index (χ2n) is 4.15. The highest BCUT2D eigenvalue weighted by atomic mass is 35.5. The molecule has 0 spiro atoms. The van der Waals surface area contributed by atoms with Crippen molar-refractivity contribution in [1.29, 1.82) is 0 Å². The first-order valence-electron chi connectivity index (χ1n) is 6.01. The predicted octanol–water partition coefficient (Wildman–Crippen LogP) is 3.86. The van der Waals surface area contributed by atoms with Crippen LogP contribution in [0.2, 0.25) is 5.02 Å². The Kier molecular flexibility index (Phi) is 4.43. The standard InChI is InChI=1S/C16H14ClNO/c1-12-5-3-7-15(18-12)10-9-13(2)19-16-8-4-6-14(17)11-16/h3-8,11,13H,1-2H3. The molecule has 1 aromatic heterocycles. The zero-order chi connectivity index (χ0) is 13.7. The minimum absolute atomic E-state index is 0.222. The van der Waals surface area contributed by atoms with Crippen LogP contribution in [0.25, 0.3) is 0 Å². The molecule has 0 amide bonds. The highest BCUT2D eigenvalue weighted by Gasteiger charge is 2.00. The minimum atomic E-state index is -0.222. The van der Waals surface area contributed by atoms with Crippen LogP contribution in [0.4, 0.5) is 0 Å². The van der Waals surface area contributed by atoms with Gasteiger partial charge in [-0.15, -0.1) is 0 Å². The van der Waals surface area contributed by atoms with Crippen LogP contribution in [-0.2, 0) is 0 Å². The lowest BCUT2D eigenvalue weighted by Crippen LogP contribution is -2.08. The number of halogens is 1. The Bertz CT molecular complexity index is 628. The molecular weight excluding hydrogens is 258 g/mol. The molecule has 0 aliphatic heterocycles. The summed E-state index contributed by atoms with van der Waals surface area (Å²) in [4.78, 5) is 4.32. The molecule has 0 N–H and O–H groups in total. The number of aryl methyl sites for hydroxylation is 1. The Hall–Kier alpha value is -1.98. The number of nitrogens with zero attached hydrogens (tertiary/aromatic N) is 1. The molecule has 1 atom stereocenters. The van der Waals surface area contributed by atoms with E-state index in [2.05, 4.69) is 16.8 Å². The third-order valence-electron chi connectivity index (χ3n) is 2.40. The summed E-state index contributed by atoms with van der Waals surface area (Å²) in [5.74, 6) is 6.73. The molecule has 0 radical (unpaired) electrons. The topological polar surface area (TPSA) is 22.1 Å². The number of pyridine rings is 1. The molecule has 0 aliphatic carbocycles. The van der Waals surface area contributed by atoms with E-state index in [0.29, 0.717) is 10.8 Å². The molecule has 0 bridgehead atoms. The van der Waals surface area contributed by atoms with Gasteiger partial charge in [-0.05, 0) is 50.1 Å². The first-order chi connectivity index (χ1) is 9.13. The molecule has 0 saturated carbocycles. The number of hydrogen-bond acceptors (Lipinski definition) is 2. The van der Waals surface area contributed by atoms with Gasteiger partial charge in [-0.25, -0.2) is 4.98 Å². The van der Waals surface area contributed by atoms with Crippen LogP contribution in [-0.4, -0.2) is 11.1 Å². The van der Waals surface area contributed by atoms with Crippen molar-refractivity contribution in [3.05, 3.63) is 58.9 Å². The summed E-state index contributed by atoms with van der Waals surface area (Å²) in [6.45, 7) is 3.83. The van der Waals surface area contributed by atoms with Crippen LogP contribution in [0.1, 0.15) is 18.3 Å². The largest absolute Gasteiger partial charge is 0.478 e. The van der Waals surface area contributed by atoms with E-state index in [9.17, 15) is 0 Å². The lowest BCUT2D eigenvalue weighted by Gasteiger charge is -2.08. The Labute approximate surface area is 118 Å². The maximum absolute atomic E-state index is 5.89. The molecule has 19 heavy (non-hydrogen) atoms. The third-order valence-corrected chi connectivity index (χ3v) is 2.64. The van der Waals surface area contributed by atoms with Crippen molar-refractivity contribution < 1.29 is 4.74 Å². The molecule has 1 unspecified atom stereocenters. The second-order valence-corrected chi connectivity index (χ2v) is 4.59. The van der Waals surface area contributed by atoms with Crippen LogP contribution in [0.5, 0.6) is 5.75 Å². The van der Waals surface area contributed by atoms with E-state index in [1.165, 1.54) is 0 Å². The smallest absolute Gasteiger partial charge is 0.156 e. The van der Waals surface area contributed by atoms with E-state index in [1.807, 2.05) is 44.2 Å². The Balaban J connectivity index is 2.04. The lowest BCUT2D eigenvalue weighted by molar-refractivity contribution is 0.279. The maximum atomic E-state index is 5.89. The molecular formula is C16H14ClNO. The van der Waals surface area contributed by atoms with Gasteiger partial charge in [0.1, 0.15) is 11.4 Å². The molecule has 2 rings (SSSR count). The molecule has 0 aliphatic rings. The monoisotopic (exact) mass is 271 g/mol. The summed E-state index contributed by atoms with van der Waals surface area (Å²) in [5, 5.41) is 0.651. The molecule has 96 valence electrons. The first-order valence-corrected chi connectivity index (χ1v) is 6.39. The van der Waals surface area contributed by atoms with Gasteiger partial charge in [-0.3, -0.25) is 0 Å². The van der Waals surface area contributed by atoms with Crippen molar-refractivity contribution in [2.24, 2.45) is 0 Å². The molecule has 1 aromatic carbocycles. The molecule has 2 aromatic rings. The van der Waals surface area contributed by atoms with Gasteiger partial charge in [0.05, 0.1) is 0 Å². The van der Waals surface area contributed by atoms with Crippen molar-refractivity contribution in [2.75, 3.05) is 0 Å². The maximum Gasteiger partial charge on any atom is 0.156 e. The summed E-state index contributed by atoms with van der Waals surface area (Å²) in [6.07, 6.45) is -0.222. The van der Waals surface area contributed by atoms with Crippen LogP contribution in [0.15, 0.2) is 42.5 Å². The zero-order valence-corrected chi connectivity index (χ0v) is 11.6. The lowest BCUT2D eigenvalue weighted by atomic mass is 10.3. The molecule has 0 saturated heterocycles. The fourth-order valence-corrected chi connectivity index (χ4v) is 1.74. The van der Waals surface area contributed by atoms with Crippen molar-refractivity contribution in [2.45, 2.75) is 20.0 Å². The SMILES string of the molecule is Cc1cccc(C#CC(C)Oc2cccc(Cl)c2)n1. The van der Waals surface area contributed by atoms with E-state index in [-0.39, 0.29) is 6.10 Å². The van der Waals surface area contributed by atoms with E-state index in [4.69, 9.17) is 16.3 Å². The molecule has 0 fully saturated rings. The van der Waals surface area contributed by atoms with Gasteiger partial charge in [0.15, 0.2) is 6.10 Å². The highest BCUT2D eigenvalue weighted by molar-refractivity contribution is 6.30. The summed E-state index contributed by atoms with van der Waals surface area (Å²) in [6, 6.07) is 13.0. The minimum Gasteiger partial charge on any atom is -0.478 e. The van der Waals surface area contributed by atoms with Crippen molar-refractivity contribution in [1.82, 2.24) is 4.98 Å². The fourth-order valence-electron chi connectivity index (χ4n) is 1.56. The van der Waals surface area contributed by atoms with E-state index in [1.54, 1.807) is 12.1 Å². The number of aromatic nitrogens is 1. The highest BCUT2D eigenvalue weighted by Crippen LogP contribution is 2.18. The van der Waals surface area contributed by atoms with Gasteiger partial charge in [0, 0.05) is 10.7 Å². The molecule has 3 heteroatoms. The number of ether oxygens (including phenoxy) is 1. The zero-order valence-electron chi connectivity index (χ0n) is 10.9. The Morgan fingerprint density at radius 2 is 2.00 bits per heavy atom. The number of rotatable bonds is 2. The van der Waals surface area contributed by atoms with Crippen molar-refractivity contribution in [3.8, 4) is 17.6 Å². The number of benzene rings is 1. The Morgan fingerprint density at radius 1 is 1.21 bits per heavy atom. The third kappa shape index (κ3) is 4.31. The molecule has 1 heterocycles. The van der Waals surface area contributed by atoms with E-state index >= 15 is 0 Å². The van der Waals surface area contributed by atoms with E-state index in [0.717, 1.165) is 11.4 Å². The predicted molar refractivity (Wildman–Crippen MR) is 77.4 cm³/mol. The Morgan fingerprint density at radius 3 is 2.74 bits per heavy atom. The number of hydrogen-bond donors (Lipinski definition) is 0. The van der Waals surface area contributed by atoms with Crippen LogP contribution >= 0.6 is 11.6 Å². The van der Waals surface area contributed by atoms with Gasteiger partial charge in [0.2, 0.25) is 0 Å². The fraction of sp³-hybridized carbons (Fsp3) is 0.188. The first kappa shape index (κ1) is 13.5. The summed E-state index contributed by atoms with van der Waals surface area (Å²) < 4.78 is 5.66. The average Bonchev–Trinajstić information content (AvgIpc) is 2.36. The normalized spacial score (nSPS) is 11.3. The van der Waals surface area contributed by atoms with Crippen LogP contribution in [0, 0.1) is 18.8 Å². The second kappa shape index (κ2) is 6.26. The van der Waals surface area contributed by atoms with Crippen molar-refractivity contribution >= 4 is 11.6 Å². The van der Waals surface area contributed by atoms with Gasteiger partial charge in [0.25, 0.3) is 0 Å². The quantitative estimate of drug-likeness (QED) is 0.774. The summed E-state index contributed by atoms with van der Waals surface area (Å²) in [5.41, 5.74) is 1.71. The van der Waals surface area contributed by atoms with Crippen LogP contribution in [0.3, 0.4) is 0 Å². The summed E-state index contributed by atoms with van der Waals surface area (Å²) >= 11 is 5.89. The van der Waals surface area contributed by atoms with Crippen molar-refractivity contribution in [3.63, 3.8) is 0 Å². The summed E-state index contributed by atoms with van der Waals surface area (Å²) in [7, 11) is 0. The van der Waals surface area contributed by atoms with Gasteiger partial charge < -0.3 is 4.74 Å². The van der Waals surface area contributed by atoms with Gasteiger partial charge in [-0.1, -0.05) is 29.7 Å². The van der Waals surface area contributed by atoms with Crippen LogP contribution < -0.4 is 4.74 Å². The molecule has 2 nitrogen and oxygen atoms in total. The van der Waals surface area contributed by atoms with Gasteiger partial charge in [-0.2, -0.15) is 0 Å². The average molecular weight is 272 g/mol.